The highest BCUT2D eigenvalue weighted by Gasteiger charge is 2.61. The summed E-state index contributed by atoms with van der Waals surface area (Å²) in [5, 5.41) is 7.73. The minimum Gasteiger partial charge on any atom is -0.462 e. The van der Waals surface area contributed by atoms with Crippen molar-refractivity contribution in [1.29, 1.82) is 0 Å². The van der Waals surface area contributed by atoms with Gasteiger partial charge in [-0.15, -0.1) is 0 Å². The lowest BCUT2D eigenvalue weighted by atomic mass is 9.87. The van der Waals surface area contributed by atoms with Gasteiger partial charge in [-0.2, -0.15) is 0 Å². The van der Waals surface area contributed by atoms with Gasteiger partial charge in [-0.25, -0.2) is 14.4 Å². The van der Waals surface area contributed by atoms with Crippen molar-refractivity contribution in [3.05, 3.63) is 95.6 Å². The predicted molar refractivity (Wildman–Crippen MR) is 301 cm³/mol. The highest BCUT2D eigenvalue weighted by molar-refractivity contribution is 5.83. The molecule has 27 nitrogen and oxygen atoms in total. The average molecular weight is 1230 g/mol. The molecule has 1 aliphatic carbocycles. The Kier molecular flexibility index (Phi) is 23.7. The van der Waals surface area contributed by atoms with Crippen LogP contribution in [0.2, 0.25) is 0 Å². The van der Waals surface area contributed by atoms with Crippen LogP contribution in [0, 0.1) is 0 Å². The first-order chi connectivity index (χ1) is 41.4. The van der Waals surface area contributed by atoms with Crippen LogP contribution in [0.15, 0.2) is 78.9 Å². The zero-order valence-electron chi connectivity index (χ0n) is 50.8. The average Bonchev–Trinajstić information content (AvgIpc) is 1.03. The van der Waals surface area contributed by atoms with Gasteiger partial charge in [0.1, 0.15) is 49.8 Å². The molecule has 0 aromatic heterocycles. The van der Waals surface area contributed by atoms with E-state index in [9.17, 15) is 47.9 Å². The zero-order valence-corrected chi connectivity index (χ0v) is 50.8. The van der Waals surface area contributed by atoms with E-state index in [1.165, 1.54) is 6.92 Å². The van der Waals surface area contributed by atoms with Gasteiger partial charge in [0.15, 0.2) is 36.7 Å². The maximum Gasteiger partial charge on any atom is 0.407 e. The summed E-state index contributed by atoms with van der Waals surface area (Å²) in [4.78, 5) is 147. The largest absolute Gasteiger partial charge is 0.462 e. The van der Waals surface area contributed by atoms with Crippen molar-refractivity contribution in [3.8, 4) is 11.1 Å². The maximum atomic E-state index is 15.2. The van der Waals surface area contributed by atoms with Crippen molar-refractivity contribution in [1.82, 2.24) is 16.0 Å². The molecule has 3 amide bonds. The number of carbonyl (C=O) groups excluding carboxylic acids is 11. The van der Waals surface area contributed by atoms with Gasteiger partial charge < -0.3 is 77.5 Å². The van der Waals surface area contributed by atoms with Crippen LogP contribution in [0.25, 0.3) is 11.1 Å². The molecule has 88 heavy (non-hydrogen) atoms. The fourth-order valence-corrected chi connectivity index (χ4v) is 10.4. The lowest BCUT2D eigenvalue weighted by Crippen LogP contribution is -2.70. The number of amides is 3. The van der Waals surface area contributed by atoms with E-state index in [4.69, 9.17) is 61.6 Å². The highest BCUT2D eigenvalue weighted by Crippen LogP contribution is 2.45. The van der Waals surface area contributed by atoms with Gasteiger partial charge in [-0.05, 0) is 55.5 Å². The summed E-state index contributed by atoms with van der Waals surface area (Å²) < 4.78 is 77.4. The molecule has 13 atom stereocenters. The van der Waals surface area contributed by atoms with Crippen molar-refractivity contribution >= 4 is 65.7 Å². The molecule has 2 saturated heterocycles. The van der Waals surface area contributed by atoms with Gasteiger partial charge in [0.25, 0.3) is 5.79 Å². The molecule has 27 heteroatoms. The normalized spacial score (nSPS) is 23.5. The van der Waals surface area contributed by atoms with E-state index in [1.54, 1.807) is 51.1 Å². The lowest BCUT2D eigenvalue weighted by molar-refractivity contribution is -0.335. The first-order valence-electron chi connectivity index (χ1n) is 28.2. The van der Waals surface area contributed by atoms with Gasteiger partial charge in [-0.1, -0.05) is 78.9 Å². The Morgan fingerprint density at radius 2 is 1.18 bits per heavy atom. The third-order valence-corrected chi connectivity index (χ3v) is 13.7. The minimum atomic E-state index is -2.93. The molecule has 478 valence electrons. The standard InChI is InChI=1S/C61H75N3O24/c1-31(49(56(73)88-60(10,11)12)64-59(75)78-28-45-43-24-18-16-22-41(43)42-23-17-19-25-44(42)45)80-57-51(63-33(3)66)54(85-39(9)72)52(83-37(7)70)48(86-57)30-79-61(58(74)77-27-40-20-14-13-15-21-40)26-46(81-35(5)68)50(62-32(2)65)55(87-61)53(84-38(8)71)47(82-36(6)69)29-76-34(4)67/h13-25,31,45-55,57H,26-30H2,1-12H3,(H,62,65)(H,63,66)(H,64,75)/t31-,46+,47-,48-,49-,50+,51+,52+,53-,54+,55+,57-,61+/m0/s1. The van der Waals surface area contributed by atoms with Gasteiger partial charge in [-0.3, -0.25) is 38.4 Å². The van der Waals surface area contributed by atoms with E-state index < -0.39 is 177 Å². The second-order valence-electron chi connectivity index (χ2n) is 22.1. The number of benzene rings is 3. The Hall–Kier alpha value is -8.53. The van der Waals surface area contributed by atoms with Crippen molar-refractivity contribution in [2.75, 3.05) is 19.8 Å². The van der Waals surface area contributed by atoms with E-state index in [-0.39, 0.29) is 12.5 Å². The number of rotatable bonds is 24. The Bertz CT molecular complexity index is 2990. The van der Waals surface area contributed by atoms with Crippen LogP contribution in [0.1, 0.15) is 112 Å². The number of esters is 8. The first-order valence-corrected chi connectivity index (χ1v) is 28.2. The highest BCUT2D eigenvalue weighted by atomic mass is 16.8. The summed E-state index contributed by atoms with van der Waals surface area (Å²) in [6.07, 6.45) is -18.2. The Morgan fingerprint density at radius 3 is 1.73 bits per heavy atom. The van der Waals surface area contributed by atoms with Gasteiger partial charge in [0.2, 0.25) is 11.8 Å². The number of carbonyl (C=O) groups is 11. The van der Waals surface area contributed by atoms with E-state index in [1.807, 2.05) is 48.5 Å². The lowest BCUT2D eigenvalue weighted by Gasteiger charge is -2.50. The number of ether oxygens (including phenoxy) is 13. The molecular formula is C61H75N3O24. The number of fused-ring (bicyclic) bond motifs is 3. The van der Waals surface area contributed by atoms with Crippen molar-refractivity contribution < 1.29 is 114 Å². The monoisotopic (exact) mass is 1230 g/mol. The van der Waals surface area contributed by atoms with E-state index in [2.05, 4.69) is 16.0 Å². The van der Waals surface area contributed by atoms with Crippen LogP contribution in [-0.4, -0.2) is 170 Å². The predicted octanol–water partition coefficient (Wildman–Crippen LogP) is 3.84. The van der Waals surface area contributed by atoms with Crippen LogP contribution in [0.4, 0.5) is 4.79 Å². The summed E-state index contributed by atoms with van der Waals surface area (Å²) in [5.41, 5.74) is 3.02. The Morgan fingerprint density at radius 1 is 0.625 bits per heavy atom. The molecule has 0 unspecified atom stereocenters. The van der Waals surface area contributed by atoms with Crippen LogP contribution >= 0.6 is 0 Å². The smallest absolute Gasteiger partial charge is 0.407 e. The molecule has 0 spiro atoms. The van der Waals surface area contributed by atoms with Gasteiger partial charge >= 0.3 is 53.8 Å². The number of hydrogen-bond donors (Lipinski definition) is 3. The summed E-state index contributed by atoms with van der Waals surface area (Å²) in [7, 11) is 0. The first kappa shape index (κ1) is 68.6. The molecular weight excluding hydrogens is 1160 g/mol. The quantitative estimate of drug-likeness (QED) is 0.0847. The molecule has 3 aromatic rings. The van der Waals surface area contributed by atoms with Crippen molar-refractivity contribution in [3.63, 3.8) is 0 Å². The molecule has 0 saturated carbocycles. The topological polar surface area (TPSA) is 344 Å². The molecule has 2 heterocycles. The van der Waals surface area contributed by atoms with Crippen molar-refractivity contribution in [2.24, 2.45) is 0 Å². The third-order valence-electron chi connectivity index (χ3n) is 13.7. The number of hydrogen-bond acceptors (Lipinski definition) is 24. The van der Waals surface area contributed by atoms with E-state index in [0.29, 0.717) is 5.56 Å². The second kappa shape index (κ2) is 30.4. The van der Waals surface area contributed by atoms with E-state index in [0.717, 1.165) is 77.6 Å². The van der Waals surface area contributed by atoms with Crippen LogP contribution < -0.4 is 16.0 Å². The number of alkyl carbamates (subject to hydrolysis) is 1. The van der Waals surface area contributed by atoms with Crippen LogP contribution in [0.5, 0.6) is 0 Å². The third kappa shape index (κ3) is 18.7. The molecule has 3 N–H and O–H groups in total. The summed E-state index contributed by atoms with van der Waals surface area (Å²) in [6, 6.07) is 18.5. The van der Waals surface area contributed by atoms with E-state index >= 15 is 4.79 Å². The summed E-state index contributed by atoms with van der Waals surface area (Å²) in [6.45, 7) is 11.8. The van der Waals surface area contributed by atoms with Gasteiger partial charge in [0, 0.05) is 61.3 Å². The summed E-state index contributed by atoms with van der Waals surface area (Å²) >= 11 is 0. The molecule has 2 fully saturated rings. The minimum absolute atomic E-state index is 0.164. The molecule has 6 rings (SSSR count). The van der Waals surface area contributed by atoms with Gasteiger partial charge in [0.05, 0.1) is 25.2 Å². The van der Waals surface area contributed by atoms with Crippen LogP contribution in [0.3, 0.4) is 0 Å². The second-order valence-corrected chi connectivity index (χ2v) is 22.1. The summed E-state index contributed by atoms with van der Waals surface area (Å²) in [5.74, 6) is -13.2. The SMILES string of the molecule is CC(=O)N[C@H]1[C@@H](O[C@@H](C)[C@H](NC(=O)OCC2c3ccccc3-c3ccccc32)C(=O)OC(C)(C)C)O[C@@H](CO[C@]2(C(=O)OCc3ccccc3)C[C@@H](OC(C)=O)[C@@H](NC(C)=O)[C@H]([C@@H](OC(C)=O)[C@H](COC(C)=O)OC(C)=O)O2)[C@@H](OC(C)=O)[C@@H]1OC(C)=O. The van der Waals surface area contributed by atoms with Crippen LogP contribution in [-0.2, 0) is 116 Å². The Balaban J connectivity index is 1.44. The molecule has 3 aliphatic rings. The zero-order chi connectivity index (χ0) is 64.8. The molecule has 2 aliphatic heterocycles. The fourth-order valence-electron chi connectivity index (χ4n) is 10.4. The molecule has 0 radical (unpaired) electrons. The Labute approximate surface area is 507 Å². The fraction of sp³-hybridized carbons (Fsp3) is 0.525. The molecule has 3 aromatic carbocycles. The van der Waals surface area contributed by atoms with Crippen molar-refractivity contribution in [2.45, 2.75) is 187 Å². The molecule has 0 bridgehead atoms. The maximum absolute atomic E-state index is 15.2. The number of nitrogens with one attached hydrogen (secondary N) is 3.